The summed E-state index contributed by atoms with van der Waals surface area (Å²) in [5, 5.41) is 3.36. The lowest BCUT2D eigenvalue weighted by atomic mass is 9.96. The molecule has 0 bridgehead atoms. The summed E-state index contributed by atoms with van der Waals surface area (Å²) in [5.74, 6) is 0.493. The first-order chi connectivity index (χ1) is 7.43. The summed E-state index contributed by atoms with van der Waals surface area (Å²) in [5.41, 5.74) is 0. The van der Waals surface area contributed by atoms with Crippen molar-refractivity contribution >= 4 is 5.97 Å². The Balaban J connectivity index is 4.57. The molecule has 0 aromatic heterocycles. The van der Waals surface area contributed by atoms with Crippen LogP contribution in [0.2, 0.25) is 0 Å². The molecule has 3 nitrogen and oxygen atoms in total. The molecule has 0 aromatic carbocycles. The molecule has 0 radical (unpaired) electrons. The largest absolute Gasteiger partial charge is 0.468 e. The molecule has 0 aliphatic carbocycles. The van der Waals surface area contributed by atoms with Crippen molar-refractivity contribution in [3.63, 3.8) is 0 Å². The Kier molecular flexibility index (Phi) is 7.06. The second-order valence-corrected chi connectivity index (χ2v) is 4.79. The molecule has 2 atom stereocenters. The lowest BCUT2D eigenvalue weighted by molar-refractivity contribution is -0.144. The zero-order chi connectivity index (χ0) is 12.7. The first-order valence-electron chi connectivity index (χ1n) is 5.88. The van der Waals surface area contributed by atoms with Gasteiger partial charge in [-0.25, -0.2) is 0 Å². The minimum atomic E-state index is -0.239. The molecule has 0 spiro atoms. The third-order valence-electron chi connectivity index (χ3n) is 2.74. The van der Waals surface area contributed by atoms with Gasteiger partial charge in [0.25, 0.3) is 0 Å². The van der Waals surface area contributed by atoms with Crippen LogP contribution in [0, 0.1) is 11.8 Å². The summed E-state index contributed by atoms with van der Waals surface area (Å²) in [6.07, 6.45) is 2.74. The molecule has 0 aliphatic heterocycles. The topological polar surface area (TPSA) is 38.3 Å². The lowest BCUT2D eigenvalue weighted by Crippen LogP contribution is -2.48. The van der Waals surface area contributed by atoms with Crippen molar-refractivity contribution in [1.82, 2.24) is 5.32 Å². The fourth-order valence-electron chi connectivity index (χ4n) is 1.60. The van der Waals surface area contributed by atoms with E-state index in [4.69, 9.17) is 4.74 Å². The van der Waals surface area contributed by atoms with E-state index in [9.17, 15) is 4.79 Å². The molecule has 0 heterocycles. The number of hydrogen-bond donors (Lipinski definition) is 1. The molecular weight excluding hydrogens is 202 g/mol. The van der Waals surface area contributed by atoms with Crippen molar-refractivity contribution in [2.24, 2.45) is 11.8 Å². The minimum absolute atomic E-state index is 0.190. The SMILES string of the molecule is C=CC[C@H](N[C@H](C(=O)OC)C(C)C)C(C)C. The zero-order valence-electron chi connectivity index (χ0n) is 11.1. The van der Waals surface area contributed by atoms with Crippen LogP contribution in [0.25, 0.3) is 0 Å². The fraction of sp³-hybridized carbons (Fsp3) is 0.769. The van der Waals surface area contributed by atoms with E-state index in [2.05, 4.69) is 25.7 Å². The molecular formula is C13H25NO2. The Morgan fingerprint density at radius 3 is 2.19 bits per heavy atom. The van der Waals surface area contributed by atoms with E-state index >= 15 is 0 Å². The molecule has 0 rings (SSSR count). The number of nitrogens with one attached hydrogen (secondary N) is 1. The average molecular weight is 227 g/mol. The monoisotopic (exact) mass is 227 g/mol. The van der Waals surface area contributed by atoms with Crippen LogP contribution in [0.5, 0.6) is 0 Å². The number of carbonyl (C=O) groups is 1. The molecule has 16 heavy (non-hydrogen) atoms. The Labute approximate surface area is 99.3 Å². The van der Waals surface area contributed by atoms with Crippen LogP contribution in [0.4, 0.5) is 0 Å². The Hall–Kier alpha value is -0.830. The highest BCUT2D eigenvalue weighted by atomic mass is 16.5. The highest BCUT2D eigenvalue weighted by Crippen LogP contribution is 2.12. The van der Waals surface area contributed by atoms with Gasteiger partial charge in [0.15, 0.2) is 0 Å². The summed E-state index contributed by atoms with van der Waals surface area (Å²) in [4.78, 5) is 11.6. The fourth-order valence-corrected chi connectivity index (χ4v) is 1.60. The average Bonchev–Trinajstić information content (AvgIpc) is 2.22. The minimum Gasteiger partial charge on any atom is -0.468 e. The Morgan fingerprint density at radius 2 is 1.88 bits per heavy atom. The predicted octanol–water partition coefficient (Wildman–Crippen LogP) is 2.37. The van der Waals surface area contributed by atoms with Crippen molar-refractivity contribution < 1.29 is 9.53 Å². The Bertz CT molecular complexity index is 224. The van der Waals surface area contributed by atoms with Crippen molar-refractivity contribution in [3.05, 3.63) is 12.7 Å². The molecule has 1 N–H and O–H groups in total. The van der Waals surface area contributed by atoms with Crippen LogP contribution in [0.1, 0.15) is 34.1 Å². The summed E-state index contributed by atoms with van der Waals surface area (Å²) in [7, 11) is 1.43. The van der Waals surface area contributed by atoms with E-state index in [1.165, 1.54) is 7.11 Å². The van der Waals surface area contributed by atoms with E-state index in [0.29, 0.717) is 5.92 Å². The normalized spacial score (nSPS) is 14.9. The smallest absolute Gasteiger partial charge is 0.323 e. The predicted molar refractivity (Wildman–Crippen MR) is 67.2 cm³/mol. The van der Waals surface area contributed by atoms with Gasteiger partial charge in [-0.3, -0.25) is 4.79 Å². The van der Waals surface area contributed by atoms with Gasteiger partial charge < -0.3 is 10.1 Å². The van der Waals surface area contributed by atoms with Crippen LogP contribution >= 0.6 is 0 Å². The zero-order valence-corrected chi connectivity index (χ0v) is 11.1. The van der Waals surface area contributed by atoms with Gasteiger partial charge in [-0.1, -0.05) is 33.8 Å². The maximum Gasteiger partial charge on any atom is 0.323 e. The van der Waals surface area contributed by atoms with E-state index in [0.717, 1.165) is 6.42 Å². The first-order valence-corrected chi connectivity index (χ1v) is 5.88. The van der Waals surface area contributed by atoms with E-state index < -0.39 is 0 Å². The number of methoxy groups -OCH3 is 1. The van der Waals surface area contributed by atoms with Crippen molar-refractivity contribution in [2.45, 2.75) is 46.2 Å². The molecule has 0 saturated carbocycles. The second-order valence-electron chi connectivity index (χ2n) is 4.79. The first kappa shape index (κ1) is 15.2. The van der Waals surface area contributed by atoms with Gasteiger partial charge in [0, 0.05) is 6.04 Å². The summed E-state index contributed by atoms with van der Waals surface area (Å²) in [6.45, 7) is 12.0. The molecule has 3 heteroatoms. The molecule has 0 amide bonds. The number of ether oxygens (including phenoxy) is 1. The van der Waals surface area contributed by atoms with Gasteiger partial charge in [-0.15, -0.1) is 6.58 Å². The quantitative estimate of drug-likeness (QED) is 0.536. The number of carbonyl (C=O) groups excluding carboxylic acids is 1. The van der Waals surface area contributed by atoms with Crippen LogP contribution in [0.15, 0.2) is 12.7 Å². The Morgan fingerprint density at radius 1 is 1.31 bits per heavy atom. The van der Waals surface area contributed by atoms with Gasteiger partial charge >= 0.3 is 5.97 Å². The number of esters is 1. The molecule has 0 aromatic rings. The van der Waals surface area contributed by atoms with Crippen LogP contribution in [-0.2, 0) is 9.53 Å². The van der Waals surface area contributed by atoms with Gasteiger partial charge in [0.2, 0.25) is 0 Å². The van der Waals surface area contributed by atoms with Crippen molar-refractivity contribution in [3.8, 4) is 0 Å². The molecule has 0 saturated heterocycles. The van der Waals surface area contributed by atoms with E-state index in [-0.39, 0.29) is 24.0 Å². The van der Waals surface area contributed by atoms with Crippen molar-refractivity contribution in [1.29, 1.82) is 0 Å². The van der Waals surface area contributed by atoms with Gasteiger partial charge in [0.05, 0.1) is 7.11 Å². The number of hydrogen-bond acceptors (Lipinski definition) is 3. The maximum absolute atomic E-state index is 11.6. The lowest BCUT2D eigenvalue weighted by Gasteiger charge is -2.28. The third kappa shape index (κ3) is 4.79. The van der Waals surface area contributed by atoms with Crippen LogP contribution in [-0.4, -0.2) is 25.2 Å². The summed E-state index contributed by atoms with van der Waals surface area (Å²) in [6, 6.07) is 0.0290. The molecule has 0 aliphatic rings. The molecule has 94 valence electrons. The number of rotatable bonds is 7. The molecule has 0 fully saturated rings. The third-order valence-corrected chi connectivity index (χ3v) is 2.74. The van der Waals surface area contributed by atoms with Gasteiger partial charge in [-0.05, 0) is 18.3 Å². The standard InChI is InChI=1S/C13H25NO2/c1-7-8-11(9(2)3)14-12(10(4)5)13(15)16-6/h7,9-12,14H,1,8H2,2-6H3/t11-,12-/m0/s1. The van der Waals surface area contributed by atoms with Crippen LogP contribution < -0.4 is 5.32 Å². The molecule has 0 unspecified atom stereocenters. The highest BCUT2D eigenvalue weighted by molar-refractivity contribution is 5.75. The van der Waals surface area contributed by atoms with Gasteiger partial charge in [0.1, 0.15) is 6.04 Å². The summed E-state index contributed by atoms with van der Waals surface area (Å²) < 4.78 is 4.81. The van der Waals surface area contributed by atoms with Gasteiger partial charge in [-0.2, -0.15) is 0 Å². The highest BCUT2D eigenvalue weighted by Gasteiger charge is 2.26. The maximum atomic E-state index is 11.6. The summed E-state index contributed by atoms with van der Waals surface area (Å²) >= 11 is 0. The van der Waals surface area contributed by atoms with E-state index in [1.807, 2.05) is 19.9 Å². The van der Waals surface area contributed by atoms with Crippen molar-refractivity contribution in [2.75, 3.05) is 7.11 Å². The second kappa shape index (κ2) is 7.44. The van der Waals surface area contributed by atoms with E-state index in [1.54, 1.807) is 0 Å². The van der Waals surface area contributed by atoms with Crippen LogP contribution in [0.3, 0.4) is 0 Å².